The second-order valence-corrected chi connectivity index (χ2v) is 7.00. The first-order valence-corrected chi connectivity index (χ1v) is 10.4. The summed E-state index contributed by atoms with van der Waals surface area (Å²) in [5, 5.41) is 0. The standard InChI is InChI=1S/C21H40O3/c1-4-7-10-12-14-17-19(16-9-6-3)21(23)24-20(22)18-15-13-11-8-5-2/h19H,4-18H2,1-3H3. The molecule has 0 rings (SSSR count). The van der Waals surface area contributed by atoms with Gasteiger partial charge in [0.25, 0.3) is 0 Å². The Morgan fingerprint density at radius 2 is 1.17 bits per heavy atom. The first kappa shape index (κ1) is 23.1. The van der Waals surface area contributed by atoms with Crippen molar-refractivity contribution in [3.8, 4) is 0 Å². The fourth-order valence-corrected chi connectivity index (χ4v) is 2.94. The minimum Gasteiger partial charge on any atom is -0.393 e. The van der Waals surface area contributed by atoms with Gasteiger partial charge in [0.1, 0.15) is 0 Å². The van der Waals surface area contributed by atoms with Gasteiger partial charge in [-0.3, -0.25) is 9.59 Å². The lowest BCUT2D eigenvalue weighted by Gasteiger charge is -2.15. The van der Waals surface area contributed by atoms with Gasteiger partial charge < -0.3 is 4.74 Å². The minimum absolute atomic E-state index is 0.0874. The average Bonchev–Trinajstić information content (AvgIpc) is 2.57. The highest BCUT2D eigenvalue weighted by molar-refractivity contribution is 5.86. The zero-order valence-corrected chi connectivity index (χ0v) is 16.4. The van der Waals surface area contributed by atoms with Crippen molar-refractivity contribution in [1.29, 1.82) is 0 Å². The van der Waals surface area contributed by atoms with Crippen molar-refractivity contribution in [3.63, 3.8) is 0 Å². The zero-order chi connectivity index (χ0) is 18.0. The number of unbranched alkanes of at least 4 members (excludes halogenated alkanes) is 9. The van der Waals surface area contributed by atoms with Crippen molar-refractivity contribution >= 4 is 11.9 Å². The molecule has 0 aromatic heterocycles. The van der Waals surface area contributed by atoms with E-state index < -0.39 is 0 Å². The van der Waals surface area contributed by atoms with E-state index in [2.05, 4.69) is 20.8 Å². The van der Waals surface area contributed by atoms with Crippen molar-refractivity contribution in [2.24, 2.45) is 5.92 Å². The maximum absolute atomic E-state index is 12.3. The number of rotatable bonds is 16. The second kappa shape index (κ2) is 17.0. The Bertz CT molecular complexity index is 312. The molecule has 0 heterocycles. The highest BCUT2D eigenvalue weighted by Gasteiger charge is 2.21. The van der Waals surface area contributed by atoms with Crippen LogP contribution in [0.5, 0.6) is 0 Å². The molecule has 0 aliphatic carbocycles. The Morgan fingerprint density at radius 1 is 0.667 bits per heavy atom. The van der Waals surface area contributed by atoms with Crippen molar-refractivity contribution in [1.82, 2.24) is 0 Å². The SMILES string of the molecule is CCCCCCCC(=O)OC(=O)C(CCCC)CCCCCCC. The van der Waals surface area contributed by atoms with Crippen molar-refractivity contribution in [3.05, 3.63) is 0 Å². The van der Waals surface area contributed by atoms with Crippen molar-refractivity contribution < 1.29 is 14.3 Å². The molecule has 0 saturated heterocycles. The summed E-state index contributed by atoms with van der Waals surface area (Å²) in [4.78, 5) is 24.1. The summed E-state index contributed by atoms with van der Waals surface area (Å²) < 4.78 is 5.12. The summed E-state index contributed by atoms with van der Waals surface area (Å²) in [6.07, 6.45) is 15.6. The fourth-order valence-electron chi connectivity index (χ4n) is 2.94. The summed E-state index contributed by atoms with van der Waals surface area (Å²) in [6, 6.07) is 0. The maximum atomic E-state index is 12.3. The molecular formula is C21H40O3. The van der Waals surface area contributed by atoms with Gasteiger partial charge in [0.15, 0.2) is 0 Å². The number of carbonyl (C=O) groups excluding carboxylic acids is 2. The van der Waals surface area contributed by atoms with Crippen LogP contribution in [0.25, 0.3) is 0 Å². The van der Waals surface area contributed by atoms with Crippen LogP contribution in [0.1, 0.15) is 117 Å². The van der Waals surface area contributed by atoms with Crippen molar-refractivity contribution in [2.75, 3.05) is 0 Å². The third kappa shape index (κ3) is 13.6. The van der Waals surface area contributed by atoms with Gasteiger partial charge in [-0.2, -0.15) is 0 Å². The molecule has 1 unspecified atom stereocenters. The Labute approximate surface area is 149 Å². The molecule has 3 nitrogen and oxygen atoms in total. The van der Waals surface area contributed by atoms with Gasteiger partial charge in [-0.1, -0.05) is 91.4 Å². The number of esters is 2. The van der Waals surface area contributed by atoms with Gasteiger partial charge in [-0.05, 0) is 19.3 Å². The van der Waals surface area contributed by atoms with Gasteiger partial charge in [-0.15, -0.1) is 0 Å². The Balaban J connectivity index is 4.06. The molecule has 0 spiro atoms. The fraction of sp³-hybridized carbons (Fsp3) is 0.905. The molecule has 0 saturated carbocycles. The Kier molecular flexibility index (Phi) is 16.4. The lowest BCUT2D eigenvalue weighted by Crippen LogP contribution is -2.21. The monoisotopic (exact) mass is 340 g/mol. The van der Waals surface area contributed by atoms with Crippen LogP contribution < -0.4 is 0 Å². The van der Waals surface area contributed by atoms with E-state index in [0.717, 1.165) is 51.4 Å². The molecule has 0 radical (unpaired) electrons. The van der Waals surface area contributed by atoms with Crippen LogP contribution in [0.15, 0.2) is 0 Å². The normalized spacial score (nSPS) is 12.1. The molecule has 0 bridgehead atoms. The summed E-state index contributed by atoms with van der Waals surface area (Å²) in [5.74, 6) is -0.697. The summed E-state index contributed by atoms with van der Waals surface area (Å²) >= 11 is 0. The molecule has 1 atom stereocenters. The van der Waals surface area contributed by atoms with Gasteiger partial charge in [0.2, 0.25) is 0 Å². The molecule has 0 aliphatic heterocycles. The van der Waals surface area contributed by atoms with Crippen LogP contribution in [0.4, 0.5) is 0 Å². The molecule has 0 aromatic rings. The Hall–Kier alpha value is -0.860. The third-order valence-electron chi connectivity index (χ3n) is 4.59. The number of hydrogen-bond donors (Lipinski definition) is 0. The number of carbonyl (C=O) groups is 2. The highest BCUT2D eigenvalue weighted by atomic mass is 16.6. The molecular weight excluding hydrogens is 300 g/mol. The molecule has 0 aromatic carbocycles. The maximum Gasteiger partial charge on any atom is 0.316 e. The Morgan fingerprint density at radius 3 is 1.75 bits per heavy atom. The molecule has 3 heteroatoms. The van der Waals surface area contributed by atoms with Crippen molar-refractivity contribution in [2.45, 2.75) is 117 Å². The zero-order valence-electron chi connectivity index (χ0n) is 16.4. The van der Waals surface area contributed by atoms with Gasteiger partial charge in [0.05, 0.1) is 5.92 Å². The molecule has 24 heavy (non-hydrogen) atoms. The minimum atomic E-state index is -0.330. The van der Waals surface area contributed by atoms with E-state index in [9.17, 15) is 9.59 Å². The first-order chi connectivity index (χ1) is 11.7. The van der Waals surface area contributed by atoms with E-state index in [1.165, 1.54) is 38.5 Å². The van der Waals surface area contributed by atoms with Gasteiger partial charge in [-0.25, -0.2) is 0 Å². The number of ether oxygens (including phenoxy) is 1. The number of hydrogen-bond acceptors (Lipinski definition) is 3. The average molecular weight is 341 g/mol. The largest absolute Gasteiger partial charge is 0.393 e. The van der Waals surface area contributed by atoms with Crippen LogP contribution in [0.3, 0.4) is 0 Å². The van der Waals surface area contributed by atoms with Crippen LogP contribution >= 0.6 is 0 Å². The van der Waals surface area contributed by atoms with E-state index in [1.807, 2.05) is 0 Å². The van der Waals surface area contributed by atoms with Crippen LogP contribution in [-0.4, -0.2) is 11.9 Å². The third-order valence-corrected chi connectivity index (χ3v) is 4.59. The van der Waals surface area contributed by atoms with Crippen LogP contribution in [-0.2, 0) is 14.3 Å². The summed E-state index contributed by atoms with van der Waals surface area (Å²) in [5.41, 5.74) is 0. The lowest BCUT2D eigenvalue weighted by atomic mass is 9.95. The summed E-state index contributed by atoms with van der Waals surface area (Å²) in [7, 11) is 0. The predicted octanol–water partition coefficient (Wildman–Crippen LogP) is 6.58. The van der Waals surface area contributed by atoms with E-state index in [1.54, 1.807) is 0 Å². The predicted molar refractivity (Wildman–Crippen MR) is 101 cm³/mol. The second-order valence-electron chi connectivity index (χ2n) is 7.00. The molecule has 0 N–H and O–H groups in total. The smallest absolute Gasteiger partial charge is 0.316 e. The van der Waals surface area contributed by atoms with Crippen LogP contribution in [0, 0.1) is 5.92 Å². The molecule has 0 amide bonds. The van der Waals surface area contributed by atoms with Gasteiger partial charge in [0, 0.05) is 6.42 Å². The lowest BCUT2D eigenvalue weighted by molar-refractivity contribution is -0.163. The van der Waals surface area contributed by atoms with Crippen LogP contribution in [0.2, 0.25) is 0 Å². The van der Waals surface area contributed by atoms with Gasteiger partial charge >= 0.3 is 11.9 Å². The van der Waals surface area contributed by atoms with E-state index in [-0.39, 0.29) is 17.9 Å². The molecule has 142 valence electrons. The topological polar surface area (TPSA) is 43.4 Å². The first-order valence-electron chi connectivity index (χ1n) is 10.4. The summed E-state index contributed by atoms with van der Waals surface area (Å²) in [6.45, 7) is 6.51. The van der Waals surface area contributed by atoms with E-state index in [4.69, 9.17) is 4.74 Å². The highest BCUT2D eigenvalue weighted by Crippen LogP contribution is 2.20. The quantitative estimate of drug-likeness (QED) is 0.181. The molecule has 0 fully saturated rings. The molecule has 0 aliphatic rings. The van der Waals surface area contributed by atoms with E-state index >= 15 is 0 Å². The van der Waals surface area contributed by atoms with E-state index in [0.29, 0.717) is 6.42 Å².